The SMILES string of the molecule is CCOc1ccccc1C1c2[nH]c3ccccc3c2CC2C(=O)N(Cc3cccc(Cl)c3)CC(=O)N21. The Morgan fingerprint density at radius 2 is 1.83 bits per heavy atom. The van der Waals surface area contributed by atoms with Crippen LogP contribution in [0.25, 0.3) is 10.9 Å². The van der Waals surface area contributed by atoms with Gasteiger partial charge in [-0.2, -0.15) is 0 Å². The van der Waals surface area contributed by atoms with Crippen molar-refractivity contribution in [2.24, 2.45) is 0 Å². The van der Waals surface area contributed by atoms with Crippen molar-refractivity contribution in [1.82, 2.24) is 14.8 Å². The summed E-state index contributed by atoms with van der Waals surface area (Å²) in [6, 6.07) is 22.3. The summed E-state index contributed by atoms with van der Waals surface area (Å²) in [5.41, 5.74) is 4.80. The van der Waals surface area contributed by atoms with E-state index in [0.717, 1.165) is 39.0 Å². The monoisotopic (exact) mass is 499 g/mol. The molecule has 0 radical (unpaired) electrons. The van der Waals surface area contributed by atoms with Gasteiger partial charge in [0.15, 0.2) is 0 Å². The normalized spacial score (nSPS) is 19.4. The van der Waals surface area contributed by atoms with E-state index in [1.165, 1.54) is 0 Å². The Morgan fingerprint density at radius 3 is 2.67 bits per heavy atom. The van der Waals surface area contributed by atoms with Crippen molar-refractivity contribution in [2.75, 3.05) is 13.2 Å². The number of halogens is 1. The van der Waals surface area contributed by atoms with E-state index >= 15 is 0 Å². The molecule has 1 fully saturated rings. The first kappa shape index (κ1) is 22.7. The van der Waals surface area contributed by atoms with E-state index in [2.05, 4.69) is 11.1 Å². The molecule has 6 rings (SSSR count). The van der Waals surface area contributed by atoms with Crippen LogP contribution >= 0.6 is 11.6 Å². The molecule has 2 unspecified atom stereocenters. The fourth-order valence-electron chi connectivity index (χ4n) is 5.63. The number of para-hydroxylation sites is 2. The predicted octanol–water partition coefficient (Wildman–Crippen LogP) is 5.11. The van der Waals surface area contributed by atoms with E-state index in [0.29, 0.717) is 24.6 Å². The molecule has 2 amide bonds. The van der Waals surface area contributed by atoms with E-state index in [9.17, 15) is 9.59 Å². The lowest BCUT2D eigenvalue weighted by atomic mass is 9.85. The Balaban J connectivity index is 1.47. The number of amides is 2. The summed E-state index contributed by atoms with van der Waals surface area (Å²) >= 11 is 6.17. The van der Waals surface area contributed by atoms with Gasteiger partial charge < -0.3 is 19.5 Å². The van der Waals surface area contributed by atoms with Gasteiger partial charge in [0.05, 0.1) is 6.61 Å². The minimum Gasteiger partial charge on any atom is -0.494 e. The molecule has 6 nitrogen and oxygen atoms in total. The molecular formula is C29H26ClN3O3. The van der Waals surface area contributed by atoms with Gasteiger partial charge in [-0.1, -0.05) is 60.1 Å². The number of benzene rings is 3. The number of H-pyrrole nitrogens is 1. The quantitative estimate of drug-likeness (QED) is 0.415. The standard InChI is InChI=1S/C29H26ClN3O3/c1-2-36-25-13-6-4-11-21(25)28-27-22(20-10-3-5-12-23(20)31-27)15-24-29(35)32(17-26(34)33(24)28)16-18-8-7-9-19(30)14-18/h3-14,24,28,31H,2,15-17H2,1H3. The maximum absolute atomic E-state index is 13.9. The van der Waals surface area contributed by atoms with Crippen LogP contribution in [-0.4, -0.2) is 45.8 Å². The first-order valence-corrected chi connectivity index (χ1v) is 12.6. The molecule has 3 heterocycles. The highest BCUT2D eigenvalue weighted by molar-refractivity contribution is 6.30. The molecule has 3 aromatic carbocycles. The van der Waals surface area contributed by atoms with Gasteiger partial charge in [-0.25, -0.2) is 0 Å². The van der Waals surface area contributed by atoms with Gasteiger partial charge >= 0.3 is 0 Å². The van der Waals surface area contributed by atoms with Crippen molar-refractivity contribution in [3.05, 3.63) is 100 Å². The average Bonchev–Trinajstić information content (AvgIpc) is 3.25. The molecule has 0 aliphatic carbocycles. The summed E-state index contributed by atoms with van der Waals surface area (Å²) in [7, 11) is 0. The van der Waals surface area contributed by atoms with Crippen molar-refractivity contribution < 1.29 is 14.3 Å². The number of carbonyl (C=O) groups is 2. The topological polar surface area (TPSA) is 65.6 Å². The first-order chi connectivity index (χ1) is 17.5. The maximum atomic E-state index is 13.9. The predicted molar refractivity (Wildman–Crippen MR) is 139 cm³/mol. The van der Waals surface area contributed by atoms with Crippen molar-refractivity contribution >= 4 is 34.3 Å². The van der Waals surface area contributed by atoms with Crippen LogP contribution in [0.3, 0.4) is 0 Å². The molecule has 0 bridgehead atoms. The lowest BCUT2D eigenvalue weighted by molar-refractivity contribution is -0.159. The highest BCUT2D eigenvalue weighted by Crippen LogP contribution is 2.45. The largest absolute Gasteiger partial charge is 0.494 e. The second-order valence-electron chi connectivity index (χ2n) is 9.28. The highest BCUT2D eigenvalue weighted by atomic mass is 35.5. The molecular weight excluding hydrogens is 474 g/mol. The lowest BCUT2D eigenvalue weighted by Crippen LogP contribution is -2.62. The maximum Gasteiger partial charge on any atom is 0.246 e. The van der Waals surface area contributed by atoms with Crippen LogP contribution in [0.1, 0.15) is 35.3 Å². The molecule has 0 spiro atoms. The molecule has 7 heteroatoms. The van der Waals surface area contributed by atoms with Crippen LogP contribution in [0.4, 0.5) is 0 Å². The second kappa shape index (κ2) is 9.03. The van der Waals surface area contributed by atoms with Gasteiger partial charge in [-0.05, 0) is 42.3 Å². The number of aromatic nitrogens is 1. The van der Waals surface area contributed by atoms with E-state index in [1.54, 1.807) is 15.9 Å². The number of nitrogens with one attached hydrogen (secondary N) is 1. The Morgan fingerprint density at radius 1 is 1.03 bits per heavy atom. The molecule has 2 aliphatic rings. The van der Waals surface area contributed by atoms with Crippen LogP contribution in [0, 0.1) is 0 Å². The van der Waals surface area contributed by atoms with Crippen LogP contribution < -0.4 is 4.74 Å². The molecule has 0 saturated carbocycles. The number of piperazine rings is 1. The van der Waals surface area contributed by atoms with Gasteiger partial charge in [0.2, 0.25) is 11.8 Å². The van der Waals surface area contributed by atoms with Crippen molar-refractivity contribution in [3.8, 4) is 5.75 Å². The fraction of sp³-hybridized carbons (Fsp3) is 0.241. The number of nitrogens with zero attached hydrogens (tertiary/aromatic N) is 2. The molecule has 1 saturated heterocycles. The smallest absolute Gasteiger partial charge is 0.246 e. The molecule has 4 aromatic rings. The number of hydrogen-bond acceptors (Lipinski definition) is 3. The Kier molecular flexibility index (Phi) is 5.69. The van der Waals surface area contributed by atoms with Crippen molar-refractivity contribution in [2.45, 2.75) is 32.0 Å². The van der Waals surface area contributed by atoms with E-state index in [1.807, 2.05) is 67.6 Å². The van der Waals surface area contributed by atoms with E-state index in [4.69, 9.17) is 16.3 Å². The summed E-state index contributed by atoms with van der Waals surface area (Å²) in [4.78, 5) is 34.7. The molecule has 2 aliphatic heterocycles. The van der Waals surface area contributed by atoms with E-state index < -0.39 is 12.1 Å². The number of carbonyl (C=O) groups excluding carboxylic acids is 2. The second-order valence-corrected chi connectivity index (χ2v) is 9.72. The minimum absolute atomic E-state index is 0.0186. The van der Waals surface area contributed by atoms with Crippen molar-refractivity contribution in [3.63, 3.8) is 0 Å². The summed E-state index contributed by atoms with van der Waals surface area (Å²) in [5, 5.41) is 1.69. The molecule has 182 valence electrons. The van der Waals surface area contributed by atoms with Gasteiger partial charge in [-0.15, -0.1) is 0 Å². The lowest BCUT2D eigenvalue weighted by Gasteiger charge is -2.47. The number of ether oxygens (including phenoxy) is 1. The zero-order chi connectivity index (χ0) is 24.8. The van der Waals surface area contributed by atoms with Crippen molar-refractivity contribution in [1.29, 1.82) is 0 Å². The number of hydrogen-bond donors (Lipinski definition) is 1. The zero-order valence-corrected chi connectivity index (χ0v) is 20.7. The van der Waals surface area contributed by atoms with Crippen LogP contribution in [-0.2, 0) is 22.6 Å². The Hall–Kier alpha value is -3.77. The van der Waals surface area contributed by atoms with Gasteiger partial charge in [0.25, 0.3) is 0 Å². The van der Waals surface area contributed by atoms with E-state index in [-0.39, 0.29) is 18.4 Å². The Labute approximate surface area is 214 Å². The number of rotatable bonds is 5. The minimum atomic E-state index is -0.600. The first-order valence-electron chi connectivity index (χ1n) is 12.2. The molecule has 1 aromatic heterocycles. The van der Waals surface area contributed by atoms with Crippen LogP contribution in [0.5, 0.6) is 5.75 Å². The third-order valence-corrected chi connectivity index (χ3v) is 7.35. The number of aromatic amines is 1. The van der Waals surface area contributed by atoms with Gasteiger partial charge in [0.1, 0.15) is 24.4 Å². The third kappa shape index (κ3) is 3.73. The van der Waals surface area contributed by atoms with Crippen LogP contribution in [0.15, 0.2) is 72.8 Å². The highest BCUT2D eigenvalue weighted by Gasteiger charge is 2.48. The average molecular weight is 500 g/mol. The van der Waals surface area contributed by atoms with Gasteiger partial charge in [-0.3, -0.25) is 9.59 Å². The zero-order valence-electron chi connectivity index (χ0n) is 19.9. The summed E-state index contributed by atoms with van der Waals surface area (Å²) in [6.45, 7) is 2.81. The molecule has 1 N–H and O–H groups in total. The number of fused-ring (bicyclic) bond motifs is 4. The summed E-state index contributed by atoms with van der Waals surface area (Å²) in [5.74, 6) is 0.587. The summed E-state index contributed by atoms with van der Waals surface area (Å²) in [6.07, 6.45) is 0.462. The molecule has 2 atom stereocenters. The summed E-state index contributed by atoms with van der Waals surface area (Å²) < 4.78 is 5.97. The molecule has 36 heavy (non-hydrogen) atoms. The third-order valence-electron chi connectivity index (χ3n) is 7.12. The van der Waals surface area contributed by atoms with Crippen LogP contribution in [0.2, 0.25) is 5.02 Å². The Bertz CT molecular complexity index is 1480. The van der Waals surface area contributed by atoms with Gasteiger partial charge in [0, 0.05) is 40.1 Å². The fourth-order valence-corrected chi connectivity index (χ4v) is 5.84.